The van der Waals surface area contributed by atoms with Crippen molar-refractivity contribution in [3.05, 3.63) is 24.0 Å². The average Bonchev–Trinajstić information content (AvgIpc) is 3.08. The second-order valence-corrected chi connectivity index (χ2v) is 5.43. The van der Waals surface area contributed by atoms with Gasteiger partial charge in [-0.1, -0.05) is 23.5 Å². The Morgan fingerprint density at radius 1 is 1.42 bits per heavy atom. The number of aromatic nitrogens is 4. The van der Waals surface area contributed by atoms with Gasteiger partial charge in [-0.15, -0.1) is 10.2 Å². The standard InChI is InChI=1S/C12H13N5OS/c1-7-9(6-13-15-7)11-16-17-12(19-11)14-10(18)8-4-2-3-5-8/h2-3,6,8H,4-5H2,1H3,(H,13,15)(H,14,17,18). The molecule has 0 saturated heterocycles. The van der Waals surface area contributed by atoms with Crippen LogP contribution in [0.5, 0.6) is 0 Å². The highest BCUT2D eigenvalue weighted by atomic mass is 32.1. The SMILES string of the molecule is Cc1[nH]ncc1-c1nnc(NC(=O)C2CC=CC2)s1. The summed E-state index contributed by atoms with van der Waals surface area (Å²) in [6.45, 7) is 1.92. The van der Waals surface area contributed by atoms with Crippen molar-refractivity contribution in [3.8, 4) is 10.6 Å². The lowest BCUT2D eigenvalue weighted by molar-refractivity contribution is -0.119. The minimum atomic E-state index is 0.0108. The second-order valence-electron chi connectivity index (χ2n) is 4.45. The Labute approximate surface area is 114 Å². The molecule has 0 atom stereocenters. The summed E-state index contributed by atoms with van der Waals surface area (Å²) in [6, 6.07) is 0. The number of amides is 1. The summed E-state index contributed by atoms with van der Waals surface area (Å²) < 4.78 is 0. The number of hydrogen-bond acceptors (Lipinski definition) is 5. The third kappa shape index (κ3) is 2.41. The molecule has 2 N–H and O–H groups in total. The van der Waals surface area contributed by atoms with E-state index in [4.69, 9.17) is 0 Å². The first-order valence-electron chi connectivity index (χ1n) is 6.04. The summed E-state index contributed by atoms with van der Waals surface area (Å²) in [5, 5.41) is 19.0. The first-order chi connectivity index (χ1) is 9.24. The predicted octanol–water partition coefficient (Wildman–Crippen LogP) is 2.14. The number of nitrogens with one attached hydrogen (secondary N) is 2. The number of H-pyrrole nitrogens is 1. The van der Waals surface area contributed by atoms with E-state index in [0.717, 1.165) is 29.1 Å². The van der Waals surface area contributed by atoms with E-state index in [2.05, 4.69) is 25.7 Å². The lowest BCUT2D eigenvalue weighted by Gasteiger charge is -2.06. The summed E-state index contributed by atoms with van der Waals surface area (Å²) in [5.74, 6) is 0.0413. The van der Waals surface area contributed by atoms with Crippen LogP contribution in [0.2, 0.25) is 0 Å². The van der Waals surface area contributed by atoms with E-state index in [1.807, 2.05) is 19.1 Å². The lowest BCUT2D eigenvalue weighted by atomic mass is 10.1. The van der Waals surface area contributed by atoms with Gasteiger partial charge in [-0.3, -0.25) is 9.89 Å². The minimum Gasteiger partial charge on any atom is -0.300 e. The summed E-state index contributed by atoms with van der Waals surface area (Å²) in [7, 11) is 0. The van der Waals surface area contributed by atoms with Crippen molar-refractivity contribution < 1.29 is 4.79 Å². The van der Waals surface area contributed by atoms with Crippen LogP contribution in [0.1, 0.15) is 18.5 Å². The monoisotopic (exact) mass is 275 g/mol. The number of hydrogen-bond donors (Lipinski definition) is 2. The fourth-order valence-corrected chi connectivity index (χ4v) is 2.80. The molecule has 0 unspecified atom stereocenters. The zero-order valence-corrected chi connectivity index (χ0v) is 11.2. The Morgan fingerprint density at radius 2 is 2.21 bits per heavy atom. The van der Waals surface area contributed by atoms with Gasteiger partial charge in [-0.2, -0.15) is 5.10 Å². The molecule has 0 aliphatic heterocycles. The molecule has 0 aromatic carbocycles. The smallest absolute Gasteiger partial charge is 0.229 e. The van der Waals surface area contributed by atoms with Gasteiger partial charge >= 0.3 is 0 Å². The van der Waals surface area contributed by atoms with Gasteiger partial charge in [0.25, 0.3) is 0 Å². The van der Waals surface area contributed by atoms with Crippen molar-refractivity contribution in [2.24, 2.45) is 5.92 Å². The van der Waals surface area contributed by atoms with Crippen molar-refractivity contribution >= 4 is 22.4 Å². The molecule has 0 radical (unpaired) electrons. The van der Waals surface area contributed by atoms with Crippen LogP contribution in [-0.4, -0.2) is 26.3 Å². The summed E-state index contributed by atoms with van der Waals surface area (Å²) >= 11 is 1.36. The van der Waals surface area contributed by atoms with Crippen molar-refractivity contribution in [1.82, 2.24) is 20.4 Å². The minimum absolute atomic E-state index is 0.0108. The molecule has 98 valence electrons. The molecule has 0 spiro atoms. The van der Waals surface area contributed by atoms with Gasteiger partial charge in [0.15, 0.2) is 5.01 Å². The highest BCUT2D eigenvalue weighted by Crippen LogP contribution is 2.28. The highest BCUT2D eigenvalue weighted by molar-refractivity contribution is 7.18. The van der Waals surface area contributed by atoms with Gasteiger partial charge in [0, 0.05) is 11.6 Å². The molecular weight excluding hydrogens is 262 g/mol. The molecule has 7 heteroatoms. The summed E-state index contributed by atoms with van der Waals surface area (Å²) in [5.41, 5.74) is 1.86. The zero-order chi connectivity index (χ0) is 13.2. The number of nitrogens with zero attached hydrogens (tertiary/aromatic N) is 3. The third-order valence-electron chi connectivity index (χ3n) is 3.09. The maximum absolute atomic E-state index is 11.9. The number of carbonyl (C=O) groups excluding carboxylic acids is 1. The van der Waals surface area contributed by atoms with Crippen LogP contribution in [0.15, 0.2) is 18.3 Å². The molecule has 0 bridgehead atoms. The van der Waals surface area contributed by atoms with Crippen molar-refractivity contribution in [2.75, 3.05) is 5.32 Å². The van der Waals surface area contributed by atoms with Crippen molar-refractivity contribution in [3.63, 3.8) is 0 Å². The Kier molecular flexibility index (Phi) is 3.12. The molecule has 19 heavy (non-hydrogen) atoms. The van der Waals surface area contributed by atoms with E-state index in [1.54, 1.807) is 6.20 Å². The fourth-order valence-electron chi connectivity index (χ4n) is 1.99. The lowest BCUT2D eigenvalue weighted by Crippen LogP contribution is -2.20. The second kappa shape index (κ2) is 4.93. The number of carbonyl (C=O) groups is 1. The van der Waals surface area contributed by atoms with Crippen molar-refractivity contribution in [1.29, 1.82) is 0 Å². The Bertz CT molecular complexity index is 622. The van der Waals surface area contributed by atoms with Crippen LogP contribution in [0.3, 0.4) is 0 Å². The maximum Gasteiger partial charge on any atom is 0.229 e. The quantitative estimate of drug-likeness (QED) is 0.841. The number of rotatable bonds is 3. The number of anilines is 1. The Balaban J connectivity index is 1.71. The predicted molar refractivity (Wildman–Crippen MR) is 72.7 cm³/mol. The maximum atomic E-state index is 11.9. The summed E-state index contributed by atoms with van der Waals surface area (Å²) in [4.78, 5) is 11.9. The molecule has 1 aliphatic rings. The molecule has 2 heterocycles. The molecule has 3 rings (SSSR count). The van der Waals surface area contributed by atoms with Gasteiger partial charge in [-0.05, 0) is 19.8 Å². The van der Waals surface area contributed by atoms with E-state index in [9.17, 15) is 4.79 Å². The highest BCUT2D eigenvalue weighted by Gasteiger charge is 2.20. The van der Waals surface area contributed by atoms with Gasteiger partial charge in [-0.25, -0.2) is 0 Å². The molecule has 0 fully saturated rings. The van der Waals surface area contributed by atoms with Gasteiger partial charge < -0.3 is 5.32 Å². The van der Waals surface area contributed by atoms with Crippen LogP contribution in [0.4, 0.5) is 5.13 Å². The number of aromatic amines is 1. The van der Waals surface area contributed by atoms with E-state index < -0.39 is 0 Å². The average molecular weight is 275 g/mol. The first kappa shape index (κ1) is 12.0. The largest absolute Gasteiger partial charge is 0.300 e. The van der Waals surface area contributed by atoms with E-state index >= 15 is 0 Å². The van der Waals surface area contributed by atoms with Gasteiger partial charge in [0.05, 0.1) is 11.8 Å². The summed E-state index contributed by atoms with van der Waals surface area (Å²) in [6.07, 6.45) is 7.38. The molecule has 0 saturated carbocycles. The molecule has 2 aromatic heterocycles. The van der Waals surface area contributed by atoms with Crippen LogP contribution in [0.25, 0.3) is 10.6 Å². The van der Waals surface area contributed by atoms with E-state index in [-0.39, 0.29) is 11.8 Å². The van der Waals surface area contributed by atoms with Gasteiger partial charge in [0.2, 0.25) is 11.0 Å². The fraction of sp³-hybridized carbons (Fsp3) is 0.333. The molecule has 1 aliphatic carbocycles. The van der Waals surface area contributed by atoms with Crippen LogP contribution in [-0.2, 0) is 4.79 Å². The van der Waals surface area contributed by atoms with Crippen molar-refractivity contribution in [2.45, 2.75) is 19.8 Å². The van der Waals surface area contributed by atoms with E-state index in [1.165, 1.54) is 11.3 Å². The topological polar surface area (TPSA) is 83.6 Å². The Morgan fingerprint density at radius 3 is 2.89 bits per heavy atom. The number of aryl methyl sites for hydroxylation is 1. The third-order valence-corrected chi connectivity index (χ3v) is 3.97. The van der Waals surface area contributed by atoms with E-state index in [0.29, 0.717) is 5.13 Å². The van der Waals surface area contributed by atoms with Crippen LogP contribution >= 0.6 is 11.3 Å². The van der Waals surface area contributed by atoms with Crippen LogP contribution < -0.4 is 5.32 Å². The molecule has 2 aromatic rings. The molecule has 6 nitrogen and oxygen atoms in total. The normalized spacial score (nSPS) is 15.0. The zero-order valence-electron chi connectivity index (χ0n) is 10.4. The van der Waals surface area contributed by atoms with Gasteiger partial charge in [0.1, 0.15) is 0 Å². The molecular formula is C12H13N5OS. The first-order valence-corrected chi connectivity index (χ1v) is 6.85. The molecule has 1 amide bonds. The number of allylic oxidation sites excluding steroid dienone is 2. The Hall–Kier alpha value is -2.02. The van der Waals surface area contributed by atoms with Crippen LogP contribution in [0, 0.1) is 12.8 Å².